The van der Waals surface area contributed by atoms with Crippen LogP contribution in [0.1, 0.15) is 13.3 Å². The molecule has 0 saturated heterocycles. The summed E-state index contributed by atoms with van der Waals surface area (Å²) in [5.74, 6) is 0. The second-order valence-corrected chi connectivity index (χ2v) is 4.50. The fourth-order valence-electron chi connectivity index (χ4n) is 2.08. The van der Waals surface area contributed by atoms with Gasteiger partial charge in [-0.15, -0.1) is 5.10 Å². The van der Waals surface area contributed by atoms with Crippen LogP contribution in [0, 0.1) is 0 Å². The van der Waals surface area contributed by atoms with E-state index < -0.39 is 0 Å². The predicted molar refractivity (Wildman–Crippen MR) is 75.1 cm³/mol. The maximum absolute atomic E-state index is 6.04. The maximum atomic E-state index is 6.04. The molecule has 3 aromatic rings. The molecule has 1 aromatic carbocycles. The van der Waals surface area contributed by atoms with E-state index in [0.29, 0.717) is 5.69 Å². The number of benzene rings is 1. The van der Waals surface area contributed by atoms with Crippen LogP contribution in [0.4, 0.5) is 5.69 Å². The van der Waals surface area contributed by atoms with E-state index in [9.17, 15) is 0 Å². The van der Waals surface area contributed by atoms with Crippen LogP contribution in [0.2, 0.25) is 0 Å². The van der Waals surface area contributed by atoms with Crippen molar-refractivity contribution in [1.82, 2.24) is 30.0 Å². The molecule has 0 amide bonds. The number of aromatic nitrogens is 6. The van der Waals surface area contributed by atoms with Gasteiger partial charge in [0.25, 0.3) is 0 Å². The van der Waals surface area contributed by atoms with Gasteiger partial charge in [0.2, 0.25) is 0 Å². The highest BCUT2D eigenvalue weighted by molar-refractivity contribution is 5.73. The Hall–Kier alpha value is -2.70. The molecule has 0 aliphatic heterocycles. The van der Waals surface area contributed by atoms with E-state index in [2.05, 4.69) is 27.5 Å². The smallest absolute Gasteiger partial charge is 0.143 e. The number of tetrazole rings is 1. The average molecular weight is 269 g/mol. The molecule has 3 rings (SSSR count). The minimum absolute atomic E-state index is 0.673. The first-order valence-corrected chi connectivity index (χ1v) is 6.44. The van der Waals surface area contributed by atoms with Gasteiger partial charge in [-0.2, -0.15) is 5.10 Å². The fourth-order valence-corrected chi connectivity index (χ4v) is 2.08. The van der Waals surface area contributed by atoms with Gasteiger partial charge < -0.3 is 5.73 Å². The highest BCUT2D eigenvalue weighted by atomic mass is 15.5. The Balaban J connectivity index is 2.00. The molecular formula is C13H15N7. The molecule has 0 atom stereocenters. The summed E-state index contributed by atoms with van der Waals surface area (Å²) in [5, 5.41) is 15.7. The lowest BCUT2D eigenvalue weighted by atomic mass is 10.1. The zero-order chi connectivity index (χ0) is 13.9. The summed E-state index contributed by atoms with van der Waals surface area (Å²) >= 11 is 0. The fraction of sp³-hybridized carbons (Fsp3) is 0.231. The van der Waals surface area contributed by atoms with Crippen LogP contribution in [0.3, 0.4) is 0 Å². The van der Waals surface area contributed by atoms with Crippen molar-refractivity contribution in [3.8, 4) is 16.9 Å². The van der Waals surface area contributed by atoms with Gasteiger partial charge in [-0.05, 0) is 29.0 Å². The van der Waals surface area contributed by atoms with E-state index in [1.54, 1.807) is 11.0 Å². The van der Waals surface area contributed by atoms with Crippen molar-refractivity contribution >= 4 is 5.69 Å². The van der Waals surface area contributed by atoms with Crippen molar-refractivity contribution < 1.29 is 0 Å². The summed E-state index contributed by atoms with van der Waals surface area (Å²) in [6, 6.07) is 7.80. The van der Waals surface area contributed by atoms with Crippen molar-refractivity contribution in [3.05, 3.63) is 36.8 Å². The molecule has 2 N–H and O–H groups in total. The Bertz CT molecular complexity index is 699. The Morgan fingerprint density at radius 3 is 2.95 bits per heavy atom. The first kappa shape index (κ1) is 12.3. The van der Waals surface area contributed by atoms with Crippen LogP contribution in [0.15, 0.2) is 36.8 Å². The third kappa shape index (κ3) is 2.25. The number of hydrogen-bond acceptors (Lipinski definition) is 5. The Labute approximate surface area is 116 Å². The van der Waals surface area contributed by atoms with Gasteiger partial charge in [-0.1, -0.05) is 19.1 Å². The van der Waals surface area contributed by atoms with Gasteiger partial charge in [0.05, 0.1) is 11.4 Å². The molecule has 7 heteroatoms. The summed E-state index contributed by atoms with van der Waals surface area (Å²) < 4.78 is 3.47. The van der Waals surface area contributed by atoms with Crippen LogP contribution in [-0.4, -0.2) is 30.0 Å². The van der Waals surface area contributed by atoms with E-state index in [1.165, 1.54) is 0 Å². The zero-order valence-corrected chi connectivity index (χ0v) is 11.1. The average Bonchev–Trinajstić information content (AvgIpc) is 3.09. The maximum Gasteiger partial charge on any atom is 0.143 e. The van der Waals surface area contributed by atoms with Gasteiger partial charge >= 0.3 is 0 Å². The van der Waals surface area contributed by atoms with Crippen molar-refractivity contribution in [1.29, 1.82) is 0 Å². The van der Waals surface area contributed by atoms with E-state index in [4.69, 9.17) is 5.73 Å². The summed E-state index contributed by atoms with van der Waals surface area (Å²) in [4.78, 5) is 0. The SMILES string of the molecule is CCCn1cc(N)c(-c2cccc(-n3cnnn3)c2)n1. The Morgan fingerprint density at radius 1 is 1.30 bits per heavy atom. The van der Waals surface area contributed by atoms with Crippen molar-refractivity contribution in [2.75, 3.05) is 5.73 Å². The summed E-state index contributed by atoms with van der Waals surface area (Å²) in [6.07, 6.45) is 4.44. The first-order valence-electron chi connectivity index (χ1n) is 6.44. The number of anilines is 1. The zero-order valence-electron chi connectivity index (χ0n) is 11.1. The third-order valence-electron chi connectivity index (χ3n) is 2.98. The van der Waals surface area contributed by atoms with Crippen LogP contribution in [0.25, 0.3) is 16.9 Å². The molecule has 0 bridgehead atoms. The minimum atomic E-state index is 0.673. The van der Waals surface area contributed by atoms with Gasteiger partial charge in [-0.3, -0.25) is 4.68 Å². The Kier molecular flexibility index (Phi) is 3.16. The molecule has 2 heterocycles. The number of rotatable bonds is 4. The lowest BCUT2D eigenvalue weighted by Crippen LogP contribution is -1.98. The second kappa shape index (κ2) is 5.12. The molecular weight excluding hydrogens is 254 g/mol. The van der Waals surface area contributed by atoms with Crippen LogP contribution in [0.5, 0.6) is 0 Å². The highest BCUT2D eigenvalue weighted by Gasteiger charge is 2.09. The van der Waals surface area contributed by atoms with Gasteiger partial charge in [0.1, 0.15) is 12.0 Å². The number of hydrogen-bond donors (Lipinski definition) is 1. The molecule has 0 aliphatic rings. The quantitative estimate of drug-likeness (QED) is 0.775. The largest absolute Gasteiger partial charge is 0.396 e. The third-order valence-corrected chi connectivity index (χ3v) is 2.98. The predicted octanol–water partition coefficient (Wildman–Crippen LogP) is 1.52. The number of nitrogen functional groups attached to an aromatic ring is 1. The van der Waals surface area contributed by atoms with E-state index >= 15 is 0 Å². The van der Waals surface area contributed by atoms with E-state index in [0.717, 1.165) is 29.9 Å². The molecule has 0 unspecified atom stereocenters. The van der Waals surface area contributed by atoms with Crippen molar-refractivity contribution in [3.63, 3.8) is 0 Å². The second-order valence-electron chi connectivity index (χ2n) is 4.50. The lowest BCUT2D eigenvalue weighted by molar-refractivity contribution is 0.605. The summed E-state index contributed by atoms with van der Waals surface area (Å²) in [5.41, 5.74) is 9.32. The van der Waals surface area contributed by atoms with E-state index in [1.807, 2.05) is 35.1 Å². The molecule has 7 nitrogen and oxygen atoms in total. The molecule has 0 fully saturated rings. The number of nitrogens with two attached hydrogens (primary N) is 1. The number of aryl methyl sites for hydroxylation is 1. The first-order chi connectivity index (χ1) is 9.78. The number of nitrogens with zero attached hydrogens (tertiary/aromatic N) is 6. The van der Waals surface area contributed by atoms with E-state index in [-0.39, 0.29) is 0 Å². The van der Waals surface area contributed by atoms with Gasteiger partial charge in [-0.25, -0.2) is 4.68 Å². The molecule has 0 radical (unpaired) electrons. The molecule has 0 spiro atoms. The minimum Gasteiger partial charge on any atom is -0.396 e. The molecule has 102 valence electrons. The molecule has 20 heavy (non-hydrogen) atoms. The van der Waals surface area contributed by atoms with Crippen molar-refractivity contribution in [2.24, 2.45) is 0 Å². The molecule has 2 aromatic heterocycles. The van der Waals surface area contributed by atoms with Crippen LogP contribution >= 0.6 is 0 Å². The van der Waals surface area contributed by atoms with Crippen LogP contribution in [-0.2, 0) is 6.54 Å². The standard InChI is InChI=1S/C13H15N7/c1-2-6-19-8-12(14)13(16-19)10-4-3-5-11(7-10)20-9-15-17-18-20/h3-5,7-9H,2,6,14H2,1H3. The molecule has 0 aliphatic carbocycles. The monoisotopic (exact) mass is 269 g/mol. The normalized spacial score (nSPS) is 10.8. The van der Waals surface area contributed by atoms with Crippen molar-refractivity contribution in [2.45, 2.75) is 19.9 Å². The van der Waals surface area contributed by atoms with Gasteiger partial charge in [0.15, 0.2) is 0 Å². The van der Waals surface area contributed by atoms with Gasteiger partial charge in [0, 0.05) is 18.3 Å². The van der Waals surface area contributed by atoms with Crippen LogP contribution < -0.4 is 5.73 Å². The summed E-state index contributed by atoms with van der Waals surface area (Å²) in [6.45, 7) is 2.97. The Morgan fingerprint density at radius 2 is 2.20 bits per heavy atom. The topological polar surface area (TPSA) is 87.4 Å². The highest BCUT2D eigenvalue weighted by Crippen LogP contribution is 2.25. The molecule has 0 saturated carbocycles. The lowest BCUT2D eigenvalue weighted by Gasteiger charge is -2.03. The summed E-state index contributed by atoms with van der Waals surface area (Å²) in [7, 11) is 0.